The summed E-state index contributed by atoms with van der Waals surface area (Å²) in [5.74, 6) is -0.181. The Morgan fingerprint density at radius 2 is 1.74 bits per heavy atom. The van der Waals surface area contributed by atoms with E-state index in [0.717, 1.165) is 16.8 Å². The number of hydrogen-bond donors (Lipinski definition) is 0. The van der Waals surface area contributed by atoms with Crippen LogP contribution in [0, 0.1) is 12.7 Å². The molecule has 0 amide bonds. The molecule has 0 saturated heterocycles. The number of benzene rings is 1. The molecule has 1 heterocycles. The lowest BCUT2D eigenvalue weighted by atomic mass is 10.0. The zero-order valence-corrected chi connectivity index (χ0v) is 13.3. The third-order valence-electron chi connectivity index (χ3n) is 3.49. The Morgan fingerprint density at radius 1 is 1.05 bits per heavy atom. The van der Waals surface area contributed by atoms with E-state index in [0.29, 0.717) is 0 Å². The lowest BCUT2D eigenvalue weighted by Gasteiger charge is -2.16. The molecule has 0 unspecified atom stereocenters. The summed E-state index contributed by atoms with van der Waals surface area (Å²) < 4.78 is 15.6. The summed E-state index contributed by atoms with van der Waals surface area (Å²) in [4.78, 5) is 0. The van der Waals surface area contributed by atoms with Crippen LogP contribution in [0.4, 0.5) is 4.39 Å². The van der Waals surface area contributed by atoms with Gasteiger partial charge in [-0.3, -0.25) is 0 Å². The molecular formula is C16H21FNSi+. The number of pyridine rings is 1. The summed E-state index contributed by atoms with van der Waals surface area (Å²) >= 11 is 0. The van der Waals surface area contributed by atoms with Gasteiger partial charge in [-0.25, -0.2) is 8.96 Å². The van der Waals surface area contributed by atoms with Gasteiger partial charge in [0, 0.05) is 12.1 Å². The average Bonchev–Trinajstić information content (AvgIpc) is 2.32. The second-order valence-corrected chi connectivity index (χ2v) is 11.2. The summed E-state index contributed by atoms with van der Waals surface area (Å²) in [5, 5.41) is 1.39. The van der Waals surface area contributed by atoms with Crippen LogP contribution in [-0.2, 0) is 7.05 Å². The molecule has 0 N–H and O–H groups in total. The minimum Gasteiger partial charge on any atom is -0.207 e. The molecule has 0 saturated carbocycles. The average molecular weight is 274 g/mol. The topological polar surface area (TPSA) is 3.88 Å². The van der Waals surface area contributed by atoms with Gasteiger partial charge in [-0.1, -0.05) is 25.7 Å². The highest BCUT2D eigenvalue weighted by atomic mass is 28.3. The van der Waals surface area contributed by atoms with Gasteiger partial charge in [-0.05, 0) is 29.8 Å². The number of rotatable bonds is 2. The predicted molar refractivity (Wildman–Crippen MR) is 80.7 cm³/mol. The lowest BCUT2D eigenvalue weighted by molar-refractivity contribution is -0.660. The lowest BCUT2D eigenvalue weighted by Crippen LogP contribution is -2.42. The van der Waals surface area contributed by atoms with Crippen LogP contribution in [0.3, 0.4) is 0 Å². The van der Waals surface area contributed by atoms with Crippen LogP contribution in [-0.4, -0.2) is 8.07 Å². The Labute approximate surface area is 115 Å². The van der Waals surface area contributed by atoms with Crippen molar-refractivity contribution in [1.82, 2.24) is 0 Å². The van der Waals surface area contributed by atoms with Crippen molar-refractivity contribution < 1.29 is 8.96 Å². The van der Waals surface area contributed by atoms with Crippen molar-refractivity contribution in [3.8, 4) is 11.3 Å². The van der Waals surface area contributed by atoms with Crippen molar-refractivity contribution in [2.24, 2.45) is 7.05 Å². The molecule has 0 fully saturated rings. The number of nitrogens with zero attached hydrogens (tertiary/aromatic N) is 1. The van der Waals surface area contributed by atoms with E-state index in [1.165, 1.54) is 11.3 Å². The molecule has 2 aromatic rings. The van der Waals surface area contributed by atoms with Crippen LogP contribution in [0.1, 0.15) is 5.56 Å². The first kappa shape index (κ1) is 13.9. The van der Waals surface area contributed by atoms with E-state index in [-0.39, 0.29) is 5.82 Å². The van der Waals surface area contributed by atoms with Crippen LogP contribution >= 0.6 is 0 Å². The highest BCUT2D eigenvalue weighted by molar-refractivity contribution is 6.88. The summed E-state index contributed by atoms with van der Waals surface area (Å²) in [6.07, 6.45) is 2.08. The first-order chi connectivity index (χ1) is 8.79. The van der Waals surface area contributed by atoms with Crippen molar-refractivity contribution in [3.63, 3.8) is 0 Å². The zero-order chi connectivity index (χ0) is 14.2. The third kappa shape index (κ3) is 2.92. The van der Waals surface area contributed by atoms with Gasteiger partial charge in [-0.2, -0.15) is 0 Å². The molecule has 2 rings (SSSR count). The van der Waals surface area contributed by atoms with Gasteiger partial charge in [-0.15, -0.1) is 0 Å². The molecule has 0 atom stereocenters. The molecule has 19 heavy (non-hydrogen) atoms. The van der Waals surface area contributed by atoms with E-state index in [9.17, 15) is 4.39 Å². The van der Waals surface area contributed by atoms with Crippen molar-refractivity contribution in [1.29, 1.82) is 0 Å². The molecular weight excluding hydrogens is 253 g/mol. The fraction of sp³-hybridized carbons (Fsp3) is 0.312. The third-order valence-corrected chi connectivity index (χ3v) is 5.53. The molecule has 1 aromatic carbocycles. The summed E-state index contributed by atoms with van der Waals surface area (Å²) in [7, 11) is 0.649. The molecule has 3 heteroatoms. The standard InChI is InChI=1S/C16H21FNSi/c1-12-6-7-13(17)10-15(12)16-11-14(19(3,4)5)8-9-18(16)2/h6-11H,1-5H3/q+1. The Balaban J connectivity index is 2.64. The van der Waals surface area contributed by atoms with E-state index in [2.05, 4.69) is 42.5 Å². The maximum Gasteiger partial charge on any atom is 0.212 e. The van der Waals surface area contributed by atoms with Gasteiger partial charge >= 0.3 is 0 Å². The van der Waals surface area contributed by atoms with Crippen LogP contribution in [0.15, 0.2) is 36.5 Å². The first-order valence-corrected chi connectivity index (χ1v) is 10.1. The Hall–Kier alpha value is -1.48. The highest BCUT2D eigenvalue weighted by Crippen LogP contribution is 2.21. The maximum absolute atomic E-state index is 13.5. The molecule has 0 aliphatic heterocycles. The predicted octanol–water partition coefficient (Wildman–Crippen LogP) is 3.17. The molecule has 100 valence electrons. The van der Waals surface area contributed by atoms with Crippen molar-refractivity contribution >= 4 is 13.3 Å². The van der Waals surface area contributed by atoms with Crippen LogP contribution in [0.25, 0.3) is 11.3 Å². The quantitative estimate of drug-likeness (QED) is 0.585. The van der Waals surface area contributed by atoms with Crippen LogP contribution < -0.4 is 9.75 Å². The zero-order valence-electron chi connectivity index (χ0n) is 12.3. The second-order valence-electron chi connectivity index (χ2n) is 6.12. The molecule has 1 aromatic heterocycles. The number of aryl methyl sites for hydroxylation is 2. The molecule has 0 aliphatic rings. The fourth-order valence-electron chi connectivity index (χ4n) is 2.17. The Morgan fingerprint density at radius 3 is 2.37 bits per heavy atom. The van der Waals surface area contributed by atoms with E-state index in [4.69, 9.17) is 0 Å². The van der Waals surface area contributed by atoms with Crippen molar-refractivity contribution in [2.45, 2.75) is 26.6 Å². The highest BCUT2D eigenvalue weighted by Gasteiger charge is 2.21. The van der Waals surface area contributed by atoms with Gasteiger partial charge in [0.15, 0.2) is 6.20 Å². The van der Waals surface area contributed by atoms with Crippen molar-refractivity contribution in [2.75, 3.05) is 0 Å². The molecule has 0 bridgehead atoms. The monoisotopic (exact) mass is 274 g/mol. The smallest absolute Gasteiger partial charge is 0.207 e. The number of aromatic nitrogens is 1. The van der Waals surface area contributed by atoms with Crippen LogP contribution in [0.2, 0.25) is 19.6 Å². The van der Waals surface area contributed by atoms with Gasteiger partial charge in [0.2, 0.25) is 5.69 Å². The van der Waals surface area contributed by atoms with E-state index >= 15 is 0 Å². The van der Waals surface area contributed by atoms with Gasteiger partial charge in [0.1, 0.15) is 12.9 Å². The number of halogens is 1. The first-order valence-electron chi connectivity index (χ1n) is 6.56. The second kappa shape index (κ2) is 4.89. The maximum atomic E-state index is 13.5. The van der Waals surface area contributed by atoms with Gasteiger partial charge < -0.3 is 0 Å². The molecule has 0 aliphatic carbocycles. The van der Waals surface area contributed by atoms with Crippen molar-refractivity contribution in [3.05, 3.63) is 47.9 Å². The molecule has 0 spiro atoms. The van der Waals surface area contributed by atoms with E-state index < -0.39 is 8.07 Å². The Bertz CT molecular complexity index is 615. The molecule has 0 radical (unpaired) electrons. The van der Waals surface area contributed by atoms with Gasteiger partial charge in [0.25, 0.3) is 0 Å². The molecule has 1 nitrogen and oxygen atoms in total. The summed E-state index contributed by atoms with van der Waals surface area (Å²) in [5.41, 5.74) is 3.16. The Kier molecular flexibility index (Phi) is 3.59. The number of hydrogen-bond acceptors (Lipinski definition) is 0. The normalized spacial score (nSPS) is 11.7. The SMILES string of the molecule is Cc1ccc(F)cc1-c1cc([Si](C)(C)C)cc[n+]1C. The largest absolute Gasteiger partial charge is 0.212 e. The minimum absolute atomic E-state index is 0.181. The minimum atomic E-state index is -1.36. The van der Waals surface area contributed by atoms with Gasteiger partial charge in [0.05, 0.1) is 13.6 Å². The summed E-state index contributed by atoms with van der Waals surface area (Å²) in [6.45, 7) is 9.00. The van der Waals surface area contributed by atoms with E-state index in [1.807, 2.05) is 20.0 Å². The van der Waals surface area contributed by atoms with Crippen LogP contribution in [0.5, 0.6) is 0 Å². The summed E-state index contributed by atoms with van der Waals surface area (Å²) in [6, 6.07) is 9.38. The fourth-order valence-corrected chi connectivity index (χ4v) is 3.32. The van der Waals surface area contributed by atoms with E-state index in [1.54, 1.807) is 6.07 Å².